The molecule has 0 unspecified atom stereocenters. The predicted octanol–water partition coefficient (Wildman–Crippen LogP) is 5.53. The standard InChI is InChI=1S/C28H42O3Si2/c1-9-27(30-23-29-20-21-32(6,7)8)24(2)22-31-33(28(3,4)5,25-16-12-10-13-17-25)26-18-14-11-15-19-26/h1,10-19,24,27H,20-23H2,2-8H3/t24-,27+/m1/s1. The van der Waals surface area contributed by atoms with E-state index in [1.54, 1.807) is 0 Å². The zero-order valence-corrected chi connectivity index (χ0v) is 23.6. The van der Waals surface area contributed by atoms with Crippen molar-refractivity contribution in [2.24, 2.45) is 5.92 Å². The maximum atomic E-state index is 7.01. The molecule has 5 heteroatoms. The van der Waals surface area contributed by atoms with Gasteiger partial charge in [-0.2, -0.15) is 0 Å². The van der Waals surface area contributed by atoms with E-state index in [2.05, 4.69) is 114 Å². The SMILES string of the molecule is C#C[C@H](OCOCC[Si](C)(C)C)[C@H](C)CO[Si](c1ccccc1)(c1ccccc1)C(C)(C)C. The molecule has 33 heavy (non-hydrogen) atoms. The fourth-order valence-electron chi connectivity index (χ4n) is 4.04. The second-order valence-electron chi connectivity index (χ2n) is 11.0. The maximum Gasteiger partial charge on any atom is 0.261 e. The predicted molar refractivity (Wildman–Crippen MR) is 145 cm³/mol. The average molecular weight is 483 g/mol. The molecule has 0 heterocycles. The van der Waals surface area contributed by atoms with Gasteiger partial charge in [-0.3, -0.25) is 0 Å². The van der Waals surface area contributed by atoms with Crippen LogP contribution in [0.15, 0.2) is 60.7 Å². The van der Waals surface area contributed by atoms with Crippen molar-refractivity contribution in [3.05, 3.63) is 60.7 Å². The molecule has 0 aliphatic heterocycles. The Morgan fingerprint density at radius 1 is 0.909 bits per heavy atom. The summed E-state index contributed by atoms with van der Waals surface area (Å²) >= 11 is 0. The minimum Gasteiger partial charge on any atom is -0.407 e. The van der Waals surface area contributed by atoms with Crippen LogP contribution in [0.1, 0.15) is 27.7 Å². The zero-order chi connectivity index (χ0) is 24.5. The van der Waals surface area contributed by atoms with Gasteiger partial charge in [0, 0.05) is 27.2 Å². The molecule has 0 aromatic heterocycles. The van der Waals surface area contributed by atoms with Crippen molar-refractivity contribution < 1.29 is 13.9 Å². The van der Waals surface area contributed by atoms with Crippen LogP contribution in [0.3, 0.4) is 0 Å². The van der Waals surface area contributed by atoms with Gasteiger partial charge < -0.3 is 13.9 Å². The highest BCUT2D eigenvalue weighted by Gasteiger charge is 2.50. The van der Waals surface area contributed by atoms with Crippen molar-refractivity contribution in [1.82, 2.24) is 0 Å². The first-order valence-electron chi connectivity index (χ1n) is 11.9. The van der Waals surface area contributed by atoms with Crippen LogP contribution < -0.4 is 10.4 Å². The molecule has 0 N–H and O–H groups in total. The van der Waals surface area contributed by atoms with Gasteiger partial charge in [-0.1, -0.05) is 114 Å². The Hall–Kier alpha value is -1.69. The first-order chi connectivity index (χ1) is 15.5. The molecule has 0 spiro atoms. The van der Waals surface area contributed by atoms with E-state index in [4.69, 9.17) is 20.3 Å². The summed E-state index contributed by atoms with van der Waals surface area (Å²) in [5, 5.41) is 2.47. The Morgan fingerprint density at radius 2 is 1.42 bits per heavy atom. The van der Waals surface area contributed by atoms with Crippen molar-refractivity contribution >= 4 is 26.8 Å². The summed E-state index contributed by atoms with van der Waals surface area (Å²) in [7, 11) is -3.70. The topological polar surface area (TPSA) is 27.7 Å². The molecular weight excluding hydrogens is 440 g/mol. The first kappa shape index (κ1) is 27.6. The number of terminal acetylenes is 1. The number of rotatable bonds is 12. The largest absolute Gasteiger partial charge is 0.407 e. The van der Waals surface area contributed by atoms with Gasteiger partial charge in [0.15, 0.2) is 0 Å². The fourth-order valence-corrected chi connectivity index (χ4v) is 9.47. The average Bonchev–Trinajstić information content (AvgIpc) is 2.76. The minimum absolute atomic E-state index is 0.0391. The summed E-state index contributed by atoms with van der Waals surface area (Å²) in [5.74, 6) is 2.84. The third-order valence-corrected chi connectivity index (χ3v) is 12.7. The quantitative estimate of drug-likeness (QED) is 0.172. The minimum atomic E-state index is -2.59. The van der Waals surface area contributed by atoms with Crippen LogP contribution in [0.4, 0.5) is 0 Å². The molecule has 0 amide bonds. The molecule has 0 bridgehead atoms. The third kappa shape index (κ3) is 7.66. The van der Waals surface area contributed by atoms with Gasteiger partial charge in [0.25, 0.3) is 8.32 Å². The Morgan fingerprint density at radius 3 is 1.85 bits per heavy atom. The molecule has 180 valence electrons. The number of hydrogen-bond donors (Lipinski definition) is 0. The summed E-state index contributed by atoms with van der Waals surface area (Å²) in [5.41, 5.74) is 0. The Bertz CT molecular complexity index is 825. The summed E-state index contributed by atoms with van der Waals surface area (Å²) < 4.78 is 18.6. The van der Waals surface area contributed by atoms with E-state index < -0.39 is 16.4 Å². The van der Waals surface area contributed by atoms with E-state index in [0.717, 1.165) is 12.7 Å². The van der Waals surface area contributed by atoms with Gasteiger partial charge in [-0.05, 0) is 21.5 Å². The van der Waals surface area contributed by atoms with Gasteiger partial charge in [-0.25, -0.2) is 0 Å². The molecule has 0 saturated heterocycles. The molecular formula is C28H42O3Si2. The van der Waals surface area contributed by atoms with Crippen molar-refractivity contribution in [2.45, 2.75) is 64.5 Å². The van der Waals surface area contributed by atoms with E-state index in [9.17, 15) is 0 Å². The Labute approximate surface area is 204 Å². The van der Waals surface area contributed by atoms with Gasteiger partial charge in [0.1, 0.15) is 12.9 Å². The smallest absolute Gasteiger partial charge is 0.261 e. The Kier molecular flexibility index (Phi) is 10.1. The summed E-state index contributed by atoms with van der Waals surface area (Å²) in [4.78, 5) is 0. The van der Waals surface area contributed by atoms with Crippen LogP contribution in [0.25, 0.3) is 0 Å². The molecule has 2 aromatic rings. The van der Waals surface area contributed by atoms with E-state index in [1.807, 2.05) is 0 Å². The molecule has 0 aliphatic carbocycles. The lowest BCUT2D eigenvalue weighted by atomic mass is 10.1. The molecule has 0 saturated carbocycles. The molecule has 2 rings (SSSR count). The summed E-state index contributed by atoms with van der Waals surface area (Å²) in [6.45, 7) is 17.4. The van der Waals surface area contributed by atoms with Crippen molar-refractivity contribution in [3.8, 4) is 12.3 Å². The van der Waals surface area contributed by atoms with Crippen LogP contribution in [0, 0.1) is 18.3 Å². The highest BCUT2D eigenvalue weighted by atomic mass is 28.4. The lowest BCUT2D eigenvalue weighted by Crippen LogP contribution is -2.67. The second kappa shape index (κ2) is 12.1. The third-order valence-electron chi connectivity index (χ3n) is 5.99. The molecule has 2 aromatic carbocycles. The lowest BCUT2D eigenvalue weighted by Gasteiger charge is -2.43. The summed E-state index contributed by atoms with van der Waals surface area (Å²) in [6, 6.07) is 22.5. The molecule has 0 fully saturated rings. The van der Waals surface area contributed by atoms with Crippen LogP contribution in [0.5, 0.6) is 0 Å². The number of benzene rings is 2. The van der Waals surface area contributed by atoms with Crippen molar-refractivity contribution in [2.75, 3.05) is 20.0 Å². The van der Waals surface area contributed by atoms with Crippen LogP contribution in [0.2, 0.25) is 30.7 Å². The molecule has 3 nitrogen and oxygen atoms in total. The monoisotopic (exact) mass is 482 g/mol. The van der Waals surface area contributed by atoms with Crippen LogP contribution in [-0.4, -0.2) is 42.5 Å². The van der Waals surface area contributed by atoms with Gasteiger partial charge in [0.2, 0.25) is 0 Å². The fraction of sp³-hybridized carbons (Fsp3) is 0.500. The van der Waals surface area contributed by atoms with Gasteiger partial charge in [0.05, 0.1) is 0 Å². The van der Waals surface area contributed by atoms with Crippen LogP contribution >= 0.6 is 0 Å². The molecule has 2 atom stereocenters. The van der Waals surface area contributed by atoms with E-state index in [0.29, 0.717) is 6.61 Å². The number of hydrogen-bond acceptors (Lipinski definition) is 3. The molecule has 0 radical (unpaired) electrons. The lowest BCUT2D eigenvalue weighted by molar-refractivity contribution is -0.0860. The maximum absolute atomic E-state index is 7.01. The van der Waals surface area contributed by atoms with Gasteiger partial charge >= 0.3 is 0 Å². The normalized spacial score (nSPS) is 14.5. The highest BCUT2D eigenvalue weighted by Crippen LogP contribution is 2.37. The van der Waals surface area contributed by atoms with E-state index in [1.165, 1.54) is 10.4 Å². The van der Waals surface area contributed by atoms with Crippen molar-refractivity contribution in [1.29, 1.82) is 0 Å². The van der Waals surface area contributed by atoms with E-state index >= 15 is 0 Å². The first-order valence-corrected chi connectivity index (χ1v) is 17.5. The van der Waals surface area contributed by atoms with Crippen molar-refractivity contribution in [3.63, 3.8) is 0 Å². The highest BCUT2D eigenvalue weighted by molar-refractivity contribution is 6.99. The Balaban J connectivity index is 2.18. The molecule has 0 aliphatic rings. The van der Waals surface area contributed by atoms with E-state index in [-0.39, 0.29) is 23.9 Å². The second-order valence-corrected chi connectivity index (χ2v) is 21.0. The van der Waals surface area contributed by atoms with Crippen LogP contribution in [-0.2, 0) is 13.9 Å². The van der Waals surface area contributed by atoms with Gasteiger partial charge in [-0.15, -0.1) is 6.42 Å². The number of ether oxygens (including phenoxy) is 2. The summed E-state index contributed by atoms with van der Waals surface area (Å²) in [6.07, 6.45) is 5.49. The zero-order valence-electron chi connectivity index (χ0n) is 21.6.